The van der Waals surface area contributed by atoms with Gasteiger partial charge >= 0.3 is 5.97 Å². The minimum absolute atomic E-state index is 0.0144. The molecule has 28 heavy (non-hydrogen) atoms. The number of nitrogens with zero attached hydrogens (tertiary/aromatic N) is 1. The average molecular weight is 402 g/mol. The number of rotatable bonds is 13. The maximum Gasteiger partial charge on any atom is 0.326 e. The molecule has 0 fully saturated rings. The van der Waals surface area contributed by atoms with Crippen molar-refractivity contribution >= 4 is 35.6 Å². The van der Waals surface area contributed by atoms with E-state index in [0.29, 0.717) is 0 Å². The first-order valence-corrected chi connectivity index (χ1v) is 8.15. The molecular weight excluding hydrogens is 376 g/mol. The van der Waals surface area contributed by atoms with Crippen molar-refractivity contribution in [3.63, 3.8) is 0 Å². The van der Waals surface area contributed by atoms with E-state index in [-0.39, 0.29) is 25.3 Å². The number of aliphatic carboxylic acids is 1. The molecule has 13 N–H and O–H groups in total. The molecule has 0 bridgehead atoms. The van der Waals surface area contributed by atoms with Crippen LogP contribution in [0.25, 0.3) is 0 Å². The van der Waals surface area contributed by atoms with E-state index in [2.05, 4.69) is 15.6 Å². The minimum Gasteiger partial charge on any atom is -0.480 e. The van der Waals surface area contributed by atoms with Crippen LogP contribution in [0.2, 0.25) is 0 Å². The number of carboxylic acids is 1. The van der Waals surface area contributed by atoms with E-state index in [1.807, 2.05) is 0 Å². The van der Waals surface area contributed by atoms with Crippen LogP contribution in [0.3, 0.4) is 0 Å². The summed E-state index contributed by atoms with van der Waals surface area (Å²) in [6.07, 6.45) is -0.833. The zero-order chi connectivity index (χ0) is 21.9. The minimum atomic E-state index is -1.58. The Morgan fingerprint density at radius 1 is 0.857 bits per heavy atom. The summed E-state index contributed by atoms with van der Waals surface area (Å²) in [6, 6.07) is -4.11. The summed E-state index contributed by atoms with van der Waals surface area (Å²) in [7, 11) is 0. The molecule has 0 aliphatic carbocycles. The smallest absolute Gasteiger partial charge is 0.326 e. The van der Waals surface area contributed by atoms with Crippen molar-refractivity contribution in [2.75, 3.05) is 6.54 Å². The topological polar surface area (TPSA) is 272 Å². The van der Waals surface area contributed by atoms with Gasteiger partial charge in [-0.25, -0.2) is 4.79 Å². The first-order valence-electron chi connectivity index (χ1n) is 8.15. The Morgan fingerprint density at radius 2 is 1.39 bits per heavy atom. The normalized spacial score (nSPS) is 13.5. The zero-order valence-corrected chi connectivity index (χ0v) is 15.1. The van der Waals surface area contributed by atoms with E-state index in [4.69, 9.17) is 33.8 Å². The number of aliphatic imine (C=N–C) groups is 1. The third kappa shape index (κ3) is 10.5. The van der Waals surface area contributed by atoms with E-state index in [1.54, 1.807) is 0 Å². The van der Waals surface area contributed by atoms with Crippen LogP contribution in [0, 0.1) is 0 Å². The molecule has 0 radical (unpaired) electrons. The van der Waals surface area contributed by atoms with Crippen LogP contribution in [0.1, 0.15) is 25.7 Å². The number of hydrogen-bond donors (Lipinski definition) is 8. The maximum absolute atomic E-state index is 12.4. The third-order valence-corrected chi connectivity index (χ3v) is 3.36. The summed E-state index contributed by atoms with van der Waals surface area (Å²) in [4.78, 5) is 61.1. The molecule has 0 saturated heterocycles. The summed E-state index contributed by atoms with van der Waals surface area (Å²) < 4.78 is 0. The second kappa shape index (κ2) is 12.1. The monoisotopic (exact) mass is 402 g/mol. The number of guanidine groups is 1. The van der Waals surface area contributed by atoms with E-state index in [9.17, 15) is 24.0 Å². The van der Waals surface area contributed by atoms with Crippen LogP contribution >= 0.6 is 0 Å². The molecule has 14 nitrogen and oxygen atoms in total. The van der Waals surface area contributed by atoms with Gasteiger partial charge in [0.05, 0.1) is 18.9 Å². The van der Waals surface area contributed by atoms with Crippen LogP contribution in [-0.2, 0) is 24.0 Å². The molecule has 0 aromatic heterocycles. The molecule has 158 valence electrons. The fraction of sp³-hybridized carbons (Fsp3) is 0.571. The summed E-state index contributed by atoms with van der Waals surface area (Å²) in [5.41, 5.74) is 25.8. The van der Waals surface area contributed by atoms with Crippen molar-refractivity contribution in [1.29, 1.82) is 0 Å². The quantitative estimate of drug-likeness (QED) is 0.0831. The molecule has 3 unspecified atom stereocenters. The lowest BCUT2D eigenvalue weighted by Gasteiger charge is -2.22. The molecule has 0 aliphatic heterocycles. The van der Waals surface area contributed by atoms with Gasteiger partial charge in [0.15, 0.2) is 5.96 Å². The lowest BCUT2D eigenvalue weighted by Crippen LogP contribution is -2.55. The Bertz CT molecular complexity index is 633. The Balaban J connectivity index is 5.16. The van der Waals surface area contributed by atoms with Gasteiger partial charge in [-0.1, -0.05) is 0 Å². The molecule has 0 aromatic carbocycles. The predicted octanol–water partition coefficient (Wildman–Crippen LogP) is -4.83. The Kier molecular flexibility index (Phi) is 10.6. The van der Waals surface area contributed by atoms with Gasteiger partial charge in [0, 0.05) is 6.54 Å². The van der Waals surface area contributed by atoms with Crippen LogP contribution in [0.15, 0.2) is 4.99 Å². The van der Waals surface area contributed by atoms with Gasteiger partial charge in [0.25, 0.3) is 0 Å². The van der Waals surface area contributed by atoms with Gasteiger partial charge in [0.2, 0.25) is 23.6 Å². The fourth-order valence-corrected chi connectivity index (χ4v) is 2.03. The SMILES string of the molecule is NC(=O)CC(N)C(=O)NC(CCCN=C(N)N)C(=O)NC(CC(N)=O)C(=O)O. The van der Waals surface area contributed by atoms with Crippen LogP contribution in [0.5, 0.6) is 0 Å². The number of carboxylic acid groups (broad SMARTS) is 1. The molecule has 4 amide bonds. The van der Waals surface area contributed by atoms with Crippen molar-refractivity contribution in [2.24, 2.45) is 33.7 Å². The van der Waals surface area contributed by atoms with E-state index in [1.165, 1.54) is 0 Å². The molecule has 14 heteroatoms. The summed E-state index contributed by atoms with van der Waals surface area (Å²) in [6.45, 7) is 0.138. The molecule has 0 saturated carbocycles. The number of amides is 4. The van der Waals surface area contributed by atoms with Crippen LogP contribution < -0.4 is 39.3 Å². The number of primary amides is 2. The summed E-state index contributed by atoms with van der Waals surface area (Å²) in [5.74, 6) is -5.14. The first-order chi connectivity index (χ1) is 12.9. The zero-order valence-electron chi connectivity index (χ0n) is 15.1. The molecule has 3 atom stereocenters. The van der Waals surface area contributed by atoms with Gasteiger partial charge in [0.1, 0.15) is 12.1 Å². The van der Waals surface area contributed by atoms with Crippen molar-refractivity contribution in [3.05, 3.63) is 0 Å². The standard InChI is InChI=1S/C14H26N8O6/c15-6(4-9(16)23)11(25)21-7(2-1-3-20-14(18)19)12(26)22-8(13(27)28)5-10(17)24/h6-8H,1-5,15H2,(H2,16,23)(H2,17,24)(H,21,25)(H,22,26)(H,27,28)(H4,18,19,20). The van der Waals surface area contributed by atoms with Crippen molar-refractivity contribution in [1.82, 2.24) is 10.6 Å². The highest BCUT2D eigenvalue weighted by Gasteiger charge is 2.28. The molecule has 0 rings (SSSR count). The Labute approximate surface area is 160 Å². The molecule has 0 aromatic rings. The van der Waals surface area contributed by atoms with Gasteiger partial charge in [-0.15, -0.1) is 0 Å². The highest BCUT2D eigenvalue weighted by molar-refractivity contribution is 5.94. The van der Waals surface area contributed by atoms with Crippen molar-refractivity contribution < 1.29 is 29.1 Å². The molecule has 0 spiro atoms. The Hall–Kier alpha value is -3.42. The van der Waals surface area contributed by atoms with Gasteiger partial charge in [-0.05, 0) is 12.8 Å². The lowest BCUT2D eigenvalue weighted by atomic mass is 10.1. The van der Waals surface area contributed by atoms with Gasteiger partial charge in [-0.2, -0.15) is 0 Å². The second-order valence-electron chi connectivity index (χ2n) is 5.86. The number of hydrogen-bond acceptors (Lipinski definition) is 7. The largest absolute Gasteiger partial charge is 0.480 e. The number of carbonyl (C=O) groups excluding carboxylic acids is 4. The molecule has 0 heterocycles. The number of carbonyl (C=O) groups is 5. The fourth-order valence-electron chi connectivity index (χ4n) is 2.03. The Morgan fingerprint density at radius 3 is 1.86 bits per heavy atom. The summed E-state index contributed by atoms with van der Waals surface area (Å²) in [5, 5.41) is 13.5. The highest BCUT2D eigenvalue weighted by Crippen LogP contribution is 2.02. The van der Waals surface area contributed by atoms with E-state index in [0.717, 1.165) is 0 Å². The van der Waals surface area contributed by atoms with Crippen LogP contribution in [-0.4, -0.2) is 65.3 Å². The van der Waals surface area contributed by atoms with E-state index < -0.39 is 60.6 Å². The van der Waals surface area contributed by atoms with Crippen molar-refractivity contribution in [2.45, 2.75) is 43.8 Å². The van der Waals surface area contributed by atoms with Gasteiger partial charge in [-0.3, -0.25) is 24.2 Å². The van der Waals surface area contributed by atoms with Crippen LogP contribution in [0.4, 0.5) is 0 Å². The average Bonchev–Trinajstić information content (AvgIpc) is 2.55. The van der Waals surface area contributed by atoms with Crippen molar-refractivity contribution in [3.8, 4) is 0 Å². The van der Waals surface area contributed by atoms with E-state index >= 15 is 0 Å². The predicted molar refractivity (Wildman–Crippen MR) is 97.0 cm³/mol. The molecular formula is C14H26N8O6. The summed E-state index contributed by atoms with van der Waals surface area (Å²) >= 11 is 0. The lowest BCUT2D eigenvalue weighted by molar-refractivity contribution is -0.143. The third-order valence-electron chi connectivity index (χ3n) is 3.36. The number of nitrogens with one attached hydrogen (secondary N) is 2. The maximum atomic E-state index is 12.4. The molecule has 0 aliphatic rings. The second-order valence-corrected chi connectivity index (χ2v) is 5.86. The van der Waals surface area contributed by atoms with Gasteiger partial charge < -0.3 is 44.4 Å². The highest BCUT2D eigenvalue weighted by atomic mass is 16.4. The first kappa shape index (κ1) is 24.6. The number of nitrogens with two attached hydrogens (primary N) is 5.